The van der Waals surface area contributed by atoms with Gasteiger partial charge in [0.15, 0.2) is 5.92 Å². The lowest BCUT2D eigenvalue weighted by Gasteiger charge is -2.19. The fraction of sp³-hybridized carbons (Fsp3) is 0.636. The number of benzene rings is 1. The van der Waals surface area contributed by atoms with Gasteiger partial charge in [0.05, 0.1) is 14.2 Å². The van der Waals surface area contributed by atoms with Gasteiger partial charge in [-0.3, -0.25) is 20.4 Å². The molecule has 1 aromatic carbocycles. The van der Waals surface area contributed by atoms with E-state index in [1.807, 2.05) is 27.7 Å². The number of methoxy groups -OCH3 is 2. The van der Waals surface area contributed by atoms with Crippen molar-refractivity contribution in [1.82, 2.24) is 10.9 Å². The number of hydrazine groups is 1. The van der Waals surface area contributed by atoms with Gasteiger partial charge in [-0.15, -0.1) is 0 Å². The molecule has 1 aliphatic carbocycles. The molecule has 28 heavy (non-hydrogen) atoms. The molecule has 3 rings (SSSR count). The summed E-state index contributed by atoms with van der Waals surface area (Å²) >= 11 is 0. The van der Waals surface area contributed by atoms with E-state index in [1.165, 1.54) is 45.5 Å². The van der Waals surface area contributed by atoms with E-state index in [0.29, 0.717) is 11.5 Å². The summed E-state index contributed by atoms with van der Waals surface area (Å²) in [6.07, 6.45) is 5.09. The van der Waals surface area contributed by atoms with Crippen molar-refractivity contribution in [3.63, 3.8) is 0 Å². The smallest absolute Gasteiger partial charge is 0.324 e. The Kier molecular flexibility index (Phi) is 10.8. The normalized spacial score (nSPS) is 15.5. The highest BCUT2D eigenvalue weighted by Crippen LogP contribution is 2.42. The molecule has 0 atom stereocenters. The first-order chi connectivity index (χ1) is 13.5. The fourth-order valence-corrected chi connectivity index (χ4v) is 3.29. The summed E-state index contributed by atoms with van der Waals surface area (Å²) in [5.41, 5.74) is 9.94. The largest absolute Gasteiger partial charge is 0.468 e. The van der Waals surface area contributed by atoms with E-state index < -0.39 is 17.9 Å². The van der Waals surface area contributed by atoms with E-state index >= 15 is 0 Å². The van der Waals surface area contributed by atoms with Crippen LogP contribution < -0.4 is 10.9 Å². The van der Waals surface area contributed by atoms with Crippen molar-refractivity contribution in [2.24, 2.45) is 0 Å². The van der Waals surface area contributed by atoms with Crippen LogP contribution in [0.4, 0.5) is 0 Å². The Morgan fingerprint density at radius 1 is 0.929 bits per heavy atom. The van der Waals surface area contributed by atoms with E-state index in [1.54, 1.807) is 0 Å². The highest BCUT2D eigenvalue weighted by molar-refractivity contribution is 6.01. The zero-order chi connectivity index (χ0) is 21.1. The number of carbonyl (C=O) groups excluding carboxylic acids is 2. The highest BCUT2D eigenvalue weighted by Gasteiger charge is 2.34. The zero-order valence-corrected chi connectivity index (χ0v) is 18.2. The molecule has 1 aliphatic heterocycles. The summed E-state index contributed by atoms with van der Waals surface area (Å²) in [6.45, 7) is 10.1. The predicted molar refractivity (Wildman–Crippen MR) is 111 cm³/mol. The van der Waals surface area contributed by atoms with Crippen LogP contribution in [0.15, 0.2) is 12.1 Å². The Hall–Kier alpha value is -1.92. The zero-order valence-electron chi connectivity index (χ0n) is 18.2. The van der Waals surface area contributed by atoms with Crippen LogP contribution in [0, 0.1) is 13.8 Å². The third-order valence-electron chi connectivity index (χ3n) is 4.81. The lowest BCUT2D eigenvalue weighted by molar-refractivity contribution is -0.154. The molecule has 0 amide bonds. The summed E-state index contributed by atoms with van der Waals surface area (Å²) in [6, 6.07) is 4.14. The second kappa shape index (κ2) is 12.5. The van der Waals surface area contributed by atoms with E-state index in [-0.39, 0.29) is 0 Å². The van der Waals surface area contributed by atoms with Crippen LogP contribution in [0.25, 0.3) is 0 Å². The lowest BCUT2D eigenvalue weighted by Crippen LogP contribution is -2.37. The molecule has 2 aliphatic rings. The van der Waals surface area contributed by atoms with Gasteiger partial charge in [-0.2, -0.15) is 0 Å². The minimum absolute atomic E-state index is 0.581. The van der Waals surface area contributed by atoms with Gasteiger partial charge in [-0.1, -0.05) is 26.0 Å². The number of hydrogen-bond donors (Lipinski definition) is 2. The topological polar surface area (TPSA) is 76.7 Å². The number of hydrogen-bond acceptors (Lipinski definition) is 6. The molecule has 0 radical (unpaired) electrons. The van der Waals surface area contributed by atoms with Crippen molar-refractivity contribution in [3.8, 4) is 0 Å². The molecule has 0 aromatic heterocycles. The number of ether oxygens (including phenoxy) is 2. The Morgan fingerprint density at radius 3 is 1.64 bits per heavy atom. The molecule has 0 unspecified atom stereocenters. The number of carbonyl (C=O) groups is 2. The van der Waals surface area contributed by atoms with Crippen molar-refractivity contribution in [1.29, 1.82) is 0 Å². The number of nitrogens with one attached hydrogen (secondary N) is 2. The summed E-state index contributed by atoms with van der Waals surface area (Å²) in [4.78, 5) is 23.9. The van der Waals surface area contributed by atoms with Gasteiger partial charge in [-0.05, 0) is 67.7 Å². The first-order valence-corrected chi connectivity index (χ1v) is 10.2. The number of esters is 2. The average molecular weight is 393 g/mol. The molecule has 1 saturated carbocycles. The van der Waals surface area contributed by atoms with Crippen molar-refractivity contribution in [2.45, 2.75) is 65.2 Å². The fourth-order valence-electron chi connectivity index (χ4n) is 3.29. The summed E-state index contributed by atoms with van der Waals surface area (Å²) in [7, 11) is 2.56. The third kappa shape index (κ3) is 6.91. The maximum atomic E-state index is 11.9. The Morgan fingerprint density at radius 2 is 1.36 bits per heavy atom. The minimum Gasteiger partial charge on any atom is -0.468 e. The van der Waals surface area contributed by atoms with E-state index in [9.17, 15) is 9.59 Å². The second-order valence-electron chi connectivity index (χ2n) is 6.88. The molecule has 158 valence electrons. The second-order valence-corrected chi connectivity index (χ2v) is 6.88. The van der Waals surface area contributed by atoms with E-state index in [2.05, 4.69) is 23.0 Å². The van der Waals surface area contributed by atoms with Crippen LogP contribution in [0.3, 0.4) is 0 Å². The van der Waals surface area contributed by atoms with Crippen LogP contribution in [0.5, 0.6) is 0 Å². The van der Waals surface area contributed by atoms with Crippen LogP contribution in [-0.2, 0) is 19.1 Å². The van der Waals surface area contributed by atoms with Crippen LogP contribution in [-0.4, -0.2) is 39.2 Å². The van der Waals surface area contributed by atoms with Crippen molar-refractivity contribution in [2.75, 3.05) is 27.3 Å². The van der Waals surface area contributed by atoms with Gasteiger partial charge < -0.3 is 9.47 Å². The molecule has 1 aromatic rings. The molecular formula is C22H36N2O4. The molecule has 6 nitrogen and oxygen atoms in total. The quantitative estimate of drug-likeness (QED) is 0.603. The van der Waals surface area contributed by atoms with Gasteiger partial charge in [-0.25, -0.2) is 0 Å². The molecule has 6 heteroatoms. The summed E-state index contributed by atoms with van der Waals surface area (Å²) < 4.78 is 9.50. The van der Waals surface area contributed by atoms with Gasteiger partial charge in [0.1, 0.15) is 0 Å². The maximum Gasteiger partial charge on any atom is 0.324 e. The lowest BCUT2D eigenvalue weighted by atomic mass is 9.88. The van der Waals surface area contributed by atoms with E-state index in [4.69, 9.17) is 9.47 Å². The van der Waals surface area contributed by atoms with Gasteiger partial charge in [0.2, 0.25) is 0 Å². The van der Waals surface area contributed by atoms with E-state index in [0.717, 1.165) is 24.2 Å². The number of rotatable bonds is 4. The van der Waals surface area contributed by atoms with Crippen molar-refractivity contribution >= 4 is 11.9 Å². The first kappa shape index (κ1) is 24.1. The van der Waals surface area contributed by atoms with Gasteiger partial charge in [0.25, 0.3) is 0 Å². The van der Waals surface area contributed by atoms with Crippen LogP contribution in [0.2, 0.25) is 0 Å². The molecule has 2 fully saturated rings. The van der Waals surface area contributed by atoms with Crippen molar-refractivity contribution < 1.29 is 19.1 Å². The Bertz CT molecular complexity index is 587. The minimum atomic E-state index is -1.00. The van der Waals surface area contributed by atoms with Crippen molar-refractivity contribution in [3.05, 3.63) is 34.4 Å². The van der Waals surface area contributed by atoms with Crippen LogP contribution in [0.1, 0.15) is 73.6 Å². The molecule has 0 spiro atoms. The number of aryl methyl sites for hydroxylation is 2. The molecule has 2 N–H and O–H groups in total. The third-order valence-corrected chi connectivity index (χ3v) is 4.81. The average Bonchev–Trinajstić information content (AvgIpc) is 3.58. The molecule has 1 heterocycles. The maximum absolute atomic E-state index is 11.9. The summed E-state index contributed by atoms with van der Waals surface area (Å²) in [5.74, 6) is -1.53. The molecule has 0 bridgehead atoms. The summed E-state index contributed by atoms with van der Waals surface area (Å²) in [5, 5.41) is 0. The first-order valence-electron chi connectivity index (χ1n) is 10.2. The predicted octanol–water partition coefficient (Wildman–Crippen LogP) is 3.51. The van der Waals surface area contributed by atoms with Gasteiger partial charge >= 0.3 is 11.9 Å². The SMILES string of the molecule is C1CCNNC1.CC.COC(=O)C(C(=O)OC)c1c(C)cc(C2CC2)cc1C. The highest BCUT2D eigenvalue weighted by atomic mass is 16.5. The Labute approximate surface area is 169 Å². The monoisotopic (exact) mass is 392 g/mol. The Balaban J connectivity index is 0.000000411. The molecule has 1 saturated heterocycles. The molecular weight excluding hydrogens is 356 g/mol. The van der Waals surface area contributed by atoms with Crippen LogP contribution >= 0.6 is 0 Å². The van der Waals surface area contributed by atoms with Gasteiger partial charge in [0, 0.05) is 13.1 Å². The standard InChI is InChI=1S/C16H20O4.C4H10N2.C2H6/c1-9-7-12(11-5-6-11)8-10(2)13(9)14(15(17)19-3)16(18)20-4;1-2-4-6-5-3-1;1-2/h7-8,11,14H,5-6H2,1-4H3;5-6H,1-4H2;1-2H3.